The summed E-state index contributed by atoms with van der Waals surface area (Å²) in [4.78, 5) is 29.6. The Kier molecular flexibility index (Phi) is 5.33. The number of H-pyrrole nitrogens is 1. The molecule has 0 spiro atoms. The van der Waals surface area contributed by atoms with Gasteiger partial charge in [-0.15, -0.1) is 0 Å². The van der Waals surface area contributed by atoms with Gasteiger partial charge in [-0.1, -0.05) is 0 Å². The van der Waals surface area contributed by atoms with Gasteiger partial charge in [0.25, 0.3) is 5.56 Å². The Labute approximate surface area is 169 Å². The zero-order chi connectivity index (χ0) is 20.5. The minimum Gasteiger partial charge on any atom is -0.492 e. The lowest BCUT2D eigenvalue weighted by Crippen LogP contribution is -2.36. The number of ether oxygens (including phenoxy) is 1. The van der Waals surface area contributed by atoms with E-state index in [1.807, 2.05) is 6.07 Å². The van der Waals surface area contributed by atoms with Crippen molar-refractivity contribution in [3.8, 4) is 11.8 Å². The van der Waals surface area contributed by atoms with Crippen molar-refractivity contribution in [1.29, 1.82) is 5.26 Å². The van der Waals surface area contributed by atoms with Crippen LogP contribution in [0.25, 0.3) is 10.9 Å². The molecule has 1 aromatic heterocycles. The SMILES string of the molecule is COc1c(N2CCC(C(C)NCCC#N)C2)ccc2c(=O)[nH]c(=O)n(C3CC3)c12. The molecule has 1 saturated carbocycles. The van der Waals surface area contributed by atoms with E-state index >= 15 is 0 Å². The van der Waals surface area contributed by atoms with Crippen molar-refractivity contribution in [2.75, 3.05) is 31.6 Å². The van der Waals surface area contributed by atoms with Crippen LogP contribution in [0.1, 0.15) is 38.6 Å². The summed E-state index contributed by atoms with van der Waals surface area (Å²) in [6.45, 7) is 4.60. The maximum Gasteiger partial charge on any atom is 0.329 e. The van der Waals surface area contributed by atoms with Gasteiger partial charge in [0.15, 0.2) is 5.75 Å². The normalized spacial score (nSPS) is 20.0. The van der Waals surface area contributed by atoms with Crippen molar-refractivity contribution in [2.45, 2.75) is 44.7 Å². The van der Waals surface area contributed by atoms with Crippen LogP contribution in [0, 0.1) is 17.2 Å². The first kappa shape index (κ1) is 19.5. The Balaban J connectivity index is 1.69. The molecule has 2 unspecified atom stereocenters. The average Bonchev–Trinajstić information content (AvgIpc) is 3.41. The molecule has 1 aliphatic heterocycles. The molecule has 8 heteroatoms. The smallest absolute Gasteiger partial charge is 0.329 e. The fourth-order valence-corrected chi connectivity index (χ4v) is 4.38. The summed E-state index contributed by atoms with van der Waals surface area (Å²) in [6.07, 6.45) is 3.41. The summed E-state index contributed by atoms with van der Waals surface area (Å²) in [6, 6.07) is 6.33. The highest BCUT2D eigenvalue weighted by Crippen LogP contribution is 2.42. The number of rotatable bonds is 7. The molecule has 2 atom stereocenters. The Morgan fingerprint density at radius 2 is 2.14 bits per heavy atom. The van der Waals surface area contributed by atoms with Gasteiger partial charge in [0, 0.05) is 38.1 Å². The van der Waals surface area contributed by atoms with Crippen molar-refractivity contribution in [2.24, 2.45) is 5.92 Å². The highest BCUT2D eigenvalue weighted by molar-refractivity contribution is 5.90. The number of aromatic amines is 1. The van der Waals surface area contributed by atoms with Crippen LogP contribution in [-0.2, 0) is 0 Å². The highest BCUT2D eigenvalue weighted by Gasteiger charge is 2.32. The van der Waals surface area contributed by atoms with E-state index in [1.54, 1.807) is 17.7 Å². The molecule has 29 heavy (non-hydrogen) atoms. The quantitative estimate of drug-likeness (QED) is 0.690. The first-order valence-electron chi connectivity index (χ1n) is 10.3. The van der Waals surface area contributed by atoms with Crippen LogP contribution in [0.2, 0.25) is 0 Å². The molecule has 2 aromatic rings. The molecule has 2 heterocycles. The zero-order valence-electron chi connectivity index (χ0n) is 16.9. The fourth-order valence-electron chi connectivity index (χ4n) is 4.38. The number of benzene rings is 1. The Morgan fingerprint density at radius 3 is 2.83 bits per heavy atom. The third-order valence-corrected chi connectivity index (χ3v) is 6.13. The van der Waals surface area contributed by atoms with E-state index in [4.69, 9.17) is 10.00 Å². The summed E-state index contributed by atoms with van der Waals surface area (Å²) in [5.41, 5.74) is 0.785. The summed E-state index contributed by atoms with van der Waals surface area (Å²) in [5, 5.41) is 12.6. The number of nitrogens with zero attached hydrogens (tertiary/aromatic N) is 3. The van der Waals surface area contributed by atoms with Crippen molar-refractivity contribution < 1.29 is 4.74 Å². The first-order chi connectivity index (χ1) is 14.0. The monoisotopic (exact) mass is 397 g/mol. The third-order valence-electron chi connectivity index (χ3n) is 6.13. The molecule has 1 aromatic carbocycles. The molecule has 0 radical (unpaired) electrons. The number of nitriles is 1. The van der Waals surface area contributed by atoms with Crippen molar-refractivity contribution >= 4 is 16.6 Å². The van der Waals surface area contributed by atoms with Crippen LogP contribution in [0.4, 0.5) is 5.69 Å². The standard InChI is InChI=1S/C21H27N5O3/c1-13(23-10-3-9-22)14-8-11-25(12-14)17-7-6-16-18(19(17)29-2)26(15-4-5-15)21(28)24-20(16)27/h6-7,13-15,23H,3-5,8,10-12H2,1-2H3,(H,24,27,28). The van der Waals surface area contributed by atoms with E-state index in [0.717, 1.165) is 38.0 Å². The largest absolute Gasteiger partial charge is 0.492 e. The Hall–Kier alpha value is -2.79. The van der Waals surface area contributed by atoms with Crippen LogP contribution in [-0.4, -0.2) is 42.3 Å². The lowest BCUT2D eigenvalue weighted by atomic mass is 10.0. The lowest BCUT2D eigenvalue weighted by molar-refractivity contribution is 0.404. The van der Waals surface area contributed by atoms with Gasteiger partial charge < -0.3 is 15.0 Å². The van der Waals surface area contributed by atoms with Gasteiger partial charge in [0.05, 0.1) is 24.3 Å². The summed E-state index contributed by atoms with van der Waals surface area (Å²) in [7, 11) is 1.60. The van der Waals surface area contributed by atoms with Crippen molar-refractivity contribution in [1.82, 2.24) is 14.9 Å². The second kappa shape index (κ2) is 7.91. The van der Waals surface area contributed by atoms with Gasteiger partial charge in [0.2, 0.25) is 0 Å². The number of hydrogen-bond donors (Lipinski definition) is 2. The van der Waals surface area contributed by atoms with Gasteiger partial charge in [0.1, 0.15) is 5.52 Å². The molecular formula is C21H27N5O3. The number of nitrogens with one attached hydrogen (secondary N) is 2. The van der Waals surface area contributed by atoms with E-state index in [2.05, 4.69) is 28.2 Å². The number of anilines is 1. The second-order valence-corrected chi connectivity index (χ2v) is 8.02. The molecule has 1 saturated heterocycles. The van der Waals surface area contributed by atoms with E-state index in [0.29, 0.717) is 41.6 Å². The molecule has 154 valence electrons. The number of methoxy groups -OCH3 is 1. The molecule has 2 fully saturated rings. The molecular weight excluding hydrogens is 370 g/mol. The van der Waals surface area contributed by atoms with Gasteiger partial charge in [-0.2, -0.15) is 5.26 Å². The number of aromatic nitrogens is 2. The first-order valence-corrected chi connectivity index (χ1v) is 10.3. The Morgan fingerprint density at radius 1 is 1.34 bits per heavy atom. The molecule has 4 rings (SSSR count). The summed E-state index contributed by atoms with van der Waals surface area (Å²) < 4.78 is 7.46. The third kappa shape index (κ3) is 3.62. The van der Waals surface area contributed by atoms with E-state index in [1.165, 1.54) is 0 Å². The van der Waals surface area contributed by atoms with Crippen LogP contribution in [0.15, 0.2) is 21.7 Å². The summed E-state index contributed by atoms with van der Waals surface area (Å²) in [5.74, 6) is 1.06. The summed E-state index contributed by atoms with van der Waals surface area (Å²) >= 11 is 0. The number of fused-ring (bicyclic) bond motifs is 1. The number of hydrogen-bond acceptors (Lipinski definition) is 6. The maximum atomic E-state index is 12.5. The van der Waals surface area contributed by atoms with Crippen LogP contribution >= 0.6 is 0 Å². The maximum absolute atomic E-state index is 12.5. The van der Waals surface area contributed by atoms with Gasteiger partial charge in [-0.05, 0) is 44.2 Å². The predicted octanol–water partition coefficient (Wildman–Crippen LogP) is 1.75. The average molecular weight is 397 g/mol. The van der Waals surface area contributed by atoms with Crippen molar-refractivity contribution in [3.05, 3.63) is 33.0 Å². The van der Waals surface area contributed by atoms with Gasteiger partial charge in [-0.3, -0.25) is 14.3 Å². The zero-order valence-corrected chi connectivity index (χ0v) is 16.9. The van der Waals surface area contributed by atoms with E-state index in [9.17, 15) is 9.59 Å². The second-order valence-electron chi connectivity index (χ2n) is 8.02. The molecule has 2 aliphatic rings. The molecule has 1 aliphatic carbocycles. The molecule has 0 bridgehead atoms. The predicted molar refractivity (Wildman–Crippen MR) is 112 cm³/mol. The van der Waals surface area contributed by atoms with Gasteiger partial charge >= 0.3 is 5.69 Å². The molecule has 0 amide bonds. The van der Waals surface area contributed by atoms with Crippen LogP contribution in [0.3, 0.4) is 0 Å². The van der Waals surface area contributed by atoms with Gasteiger partial charge in [-0.25, -0.2) is 4.79 Å². The fraction of sp³-hybridized carbons (Fsp3) is 0.571. The Bertz CT molecular complexity index is 1060. The minimum atomic E-state index is -0.374. The minimum absolute atomic E-state index is 0.127. The van der Waals surface area contributed by atoms with Crippen molar-refractivity contribution in [3.63, 3.8) is 0 Å². The molecule has 8 nitrogen and oxygen atoms in total. The van der Waals surface area contributed by atoms with E-state index < -0.39 is 0 Å². The highest BCUT2D eigenvalue weighted by atomic mass is 16.5. The topological polar surface area (TPSA) is 103 Å². The lowest BCUT2D eigenvalue weighted by Gasteiger charge is -2.25. The van der Waals surface area contributed by atoms with Crippen LogP contribution < -0.4 is 26.2 Å². The molecule has 2 N–H and O–H groups in total. The van der Waals surface area contributed by atoms with E-state index in [-0.39, 0.29) is 17.3 Å². The van der Waals surface area contributed by atoms with Crippen LogP contribution in [0.5, 0.6) is 5.75 Å².